The van der Waals surface area contributed by atoms with E-state index in [9.17, 15) is 19.6 Å². The summed E-state index contributed by atoms with van der Waals surface area (Å²) in [6.45, 7) is 1.25. The number of aliphatic hydroxyl groups excluding tert-OH is 1. The summed E-state index contributed by atoms with van der Waals surface area (Å²) in [7, 11) is 0. The highest BCUT2D eigenvalue weighted by atomic mass is 19.1. The van der Waals surface area contributed by atoms with Gasteiger partial charge in [-0.2, -0.15) is 0 Å². The summed E-state index contributed by atoms with van der Waals surface area (Å²) < 4.78 is 13.7. The number of fused-ring (bicyclic) bond motifs is 1. The zero-order chi connectivity index (χ0) is 12.2. The Balaban J connectivity index is 1.82. The lowest BCUT2D eigenvalue weighted by Crippen LogP contribution is -2.26. The van der Waals surface area contributed by atoms with Crippen molar-refractivity contribution in [1.29, 1.82) is 0 Å². The Labute approximate surface area is 96.6 Å². The van der Waals surface area contributed by atoms with Gasteiger partial charge in [0.25, 0.3) is 5.69 Å². The van der Waals surface area contributed by atoms with E-state index in [0.29, 0.717) is 18.8 Å². The van der Waals surface area contributed by atoms with Gasteiger partial charge in [-0.3, -0.25) is 10.1 Å². The Bertz CT molecular complexity index is 482. The van der Waals surface area contributed by atoms with Gasteiger partial charge in [-0.15, -0.1) is 0 Å². The lowest BCUT2D eigenvalue weighted by molar-refractivity contribution is -0.385. The average Bonchev–Trinajstić information content (AvgIpc) is 2.76. The minimum atomic E-state index is -0.613. The number of benzene rings is 1. The molecule has 5 nitrogen and oxygen atoms in total. The van der Waals surface area contributed by atoms with Crippen molar-refractivity contribution in [2.45, 2.75) is 6.10 Å². The van der Waals surface area contributed by atoms with Gasteiger partial charge >= 0.3 is 0 Å². The second-order valence-corrected chi connectivity index (χ2v) is 4.62. The van der Waals surface area contributed by atoms with Gasteiger partial charge in [-0.25, -0.2) is 4.39 Å². The van der Waals surface area contributed by atoms with E-state index in [4.69, 9.17) is 0 Å². The van der Waals surface area contributed by atoms with Crippen LogP contribution >= 0.6 is 0 Å². The summed E-state index contributed by atoms with van der Waals surface area (Å²) in [4.78, 5) is 11.7. The molecule has 6 heteroatoms. The van der Waals surface area contributed by atoms with Crippen molar-refractivity contribution >= 4 is 11.4 Å². The van der Waals surface area contributed by atoms with Crippen molar-refractivity contribution in [3.05, 3.63) is 34.1 Å². The molecule has 1 heterocycles. The number of halogens is 1. The number of anilines is 1. The normalized spacial score (nSPS) is 30.2. The maximum absolute atomic E-state index is 13.7. The second-order valence-electron chi connectivity index (χ2n) is 4.62. The topological polar surface area (TPSA) is 66.6 Å². The first-order valence-corrected chi connectivity index (χ1v) is 5.45. The monoisotopic (exact) mass is 238 g/mol. The van der Waals surface area contributed by atoms with E-state index in [1.54, 1.807) is 0 Å². The van der Waals surface area contributed by atoms with Crippen LogP contribution in [-0.4, -0.2) is 29.2 Å². The number of rotatable bonds is 2. The molecule has 0 amide bonds. The third-order valence-corrected chi connectivity index (χ3v) is 3.63. The van der Waals surface area contributed by atoms with Crippen LogP contribution < -0.4 is 4.90 Å². The number of hydrogen-bond donors (Lipinski definition) is 1. The highest BCUT2D eigenvalue weighted by Crippen LogP contribution is 2.47. The van der Waals surface area contributed by atoms with E-state index < -0.39 is 10.7 Å². The molecular weight excluding hydrogens is 227 g/mol. The minimum Gasteiger partial charge on any atom is -0.392 e. The van der Waals surface area contributed by atoms with Crippen LogP contribution in [0.25, 0.3) is 0 Å². The molecule has 1 aliphatic heterocycles. The molecule has 2 fully saturated rings. The standard InChI is InChI=1S/C11H11FN2O3/c12-9-3-6(14(16)17)1-2-10(9)13-4-7-8(5-13)11(7)15/h1-3,7-8,11,15H,4-5H2/t7-,8+,11?. The first-order valence-electron chi connectivity index (χ1n) is 5.45. The molecule has 17 heavy (non-hydrogen) atoms. The summed E-state index contributed by atoms with van der Waals surface area (Å²) in [6, 6.07) is 3.68. The minimum absolute atomic E-state index is 0.240. The van der Waals surface area contributed by atoms with Crippen LogP contribution in [-0.2, 0) is 0 Å². The molecule has 0 radical (unpaired) electrons. The summed E-state index contributed by atoms with van der Waals surface area (Å²) in [6.07, 6.45) is -0.243. The Morgan fingerprint density at radius 1 is 1.41 bits per heavy atom. The van der Waals surface area contributed by atoms with Gasteiger partial charge in [0.2, 0.25) is 0 Å². The van der Waals surface area contributed by atoms with E-state index in [1.807, 2.05) is 4.90 Å². The Morgan fingerprint density at radius 3 is 2.59 bits per heavy atom. The van der Waals surface area contributed by atoms with E-state index in [1.165, 1.54) is 12.1 Å². The number of nitrogens with zero attached hydrogens (tertiary/aromatic N) is 2. The molecule has 1 aromatic rings. The van der Waals surface area contributed by atoms with Crippen molar-refractivity contribution in [2.75, 3.05) is 18.0 Å². The largest absolute Gasteiger partial charge is 0.392 e. The molecule has 0 bridgehead atoms. The van der Waals surface area contributed by atoms with Gasteiger partial charge in [-0.1, -0.05) is 0 Å². The molecular formula is C11H11FN2O3. The van der Waals surface area contributed by atoms with Crippen molar-refractivity contribution in [2.24, 2.45) is 11.8 Å². The summed E-state index contributed by atoms with van der Waals surface area (Å²) in [5.41, 5.74) is 0.144. The molecule has 1 N–H and O–H groups in total. The molecule has 1 aliphatic carbocycles. The molecule has 3 rings (SSSR count). The number of aliphatic hydroxyl groups is 1. The van der Waals surface area contributed by atoms with Gasteiger partial charge in [0, 0.05) is 31.0 Å². The van der Waals surface area contributed by atoms with Crippen LogP contribution in [0.2, 0.25) is 0 Å². The number of nitro groups is 1. The molecule has 2 aliphatic rings. The summed E-state index contributed by atoms with van der Waals surface area (Å²) >= 11 is 0. The van der Waals surface area contributed by atoms with E-state index in [0.717, 1.165) is 6.07 Å². The third-order valence-electron chi connectivity index (χ3n) is 3.63. The van der Waals surface area contributed by atoms with E-state index in [2.05, 4.69) is 0 Å². The van der Waals surface area contributed by atoms with Crippen LogP contribution in [0.3, 0.4) is 0 Å². The fourth-order valence-electron chi connectivity index (χ4n) is 2.56. The second kappa shape index (κ2) is 3.40. The predicted octanol–water partition coefficient (Wildman–Crippen LogP) is 1.16. The van der Waals surface area contributed by atoms with Crippen LogP contribution in [0, 0.1) is 27.8 Å². The molecule has 1 aromatic carbocycles. The molecule has 90 valence electrons. The van der Waals surface area contributed by atoms with Gasteiger partial charge < -0.3 is 10.0 Å². The van der Waals surface area contributed by atoms with E-state index >= 15 is 0 Å². The van der Waals surface area contributed by atoms with Crippen LogP contribution in [0.4, 0.5) is 15.8 Å². The first kappa shape index (κ1) is 10.5. The van der Waals surface area contributed by atoms with Gasteiger partial charge in [0.1, 0.15) is 0 Å². The zero-order valence-corrected chi connectivity index (χ0v) is 8.91. The molecule has 1 saturated heterocycles. The van der Waals surface area contributed by atoms with Crippen molar-refractivity contribution in [3.8, 4) is 0 Å². The molecule has 1 saturated carbocycles. The predicted molar refractivity (Wildman–Crippen MR) is 58.3 cm³/mol. The summed E-state index contributed by atoms with van der Waals surface area (Å²) in [5, 5.41) is 19.9. The SMILES string of the molecule is O=[N+]([O-])c1ccc(N2C[C@@H]3C(O)[C@@H]3C2)c(F)c1. The molecule has 1 unspecified atom stereocenters. The fraction of sp³-hybridized carbons (Fsp3) is 0.455. The van der Waals surface area contributed by atoms with Crippen molar-refractivity contribution in [3.63, 3.8) is 0 Å². The number of piperidine rings is 1. The maximum atomic E-state index is 13.7. The quantitative estimate of drug-likeness (QED) is 0.620. The Hall–Kier alpha value is -1.69. The van der Waals surface area contributed by atoms with Gasteiger partial charge in [-0.05, 0) is 6.07 Å². The smallest absolute Gasteiger partial charge is 0.272 e. The zero-order valence-electron chi connectivity index (χ0n) is 8.91. The van der Waals surface area contributed by atoms with Crippen molar-refractivity contribution in [1.82, 2.24) is 0 Å². The van der Waals surface area contributed by atoms with Crippen LogP contribution in [0.1, 0.15) is 0 Å². The van der Waals surface area contributed by atoms with Gasteiger partial charge in [0.05, 0.1) is 22.8 Å². The van der Waals surface area contributed by atoms with Crippen LogP contribution in [0.15, 0.2) is 18.2 Å². The highest BCUT2D eigenvalue weighted by Gasteiger charge is 2.55. The summed E-state index contributed by atoms with van der Waals surface area (Å²) in [5.74, 6) is -0.0934. The van der Waals surface area contributed by atoms with Crippen LogP contribution in [0.5, 0.6) is 0 Å². The lowest BCUT2D eigenvalue weighted by atomic mass is 10.2. The average molecular weight is 238 g/mol. The Morgan fingerprint density at radius 2 is 2.06 bits per heavy atom. The molecule has 0 aromatic heterocycles. The number of nitro benzene ring substituents is 1. The lowest BCUT2D eigenvalue weighted by Gasteiger charge is -2.21. The van der Waals surface area contributed by atoms with E-state index in [-0.39, 0.29) is 23.6 Å². The molecule has 3 atom stereocenters. The number of hydrogen-bond acceptors (Lipinski definition) is 4. The Kier molecular flexibility index (Phi) is 2.09. The highest BCUT2D eigenvalue weighted by molar-refractivity contribution is 5.54. The maximum Gasteiger partial charge on any atom is 0.272 e. The third kappa shape index (κ3) is 1.56. The number of non-ortho nitro benzene ring substituents is 1. The van der Waals surface area contributed by atoms with Gasteiger partial charge in [0.15, 0.2) is 5.82 Å². The first-order chi connectivity index (χ1) is 8.08. The van der Waals surface area contributed by atoms with Crippen molar-refractivity contribution < 1.29 is 14.4 Å². The fourth-order valence-corrected chi connectivity index (χ4v) is 2.56. The molecule has 0 spiro atoms.